The van der Waals surface area contributed by atoms with Gasteiger partial charge in [-0.05, 0) is 34.9 Å². The lowest BCUT2D eigenvalue weighted by molar-refractivity contribution is -0.135. The van der Waals surface area contributed by atoms with Crippen molar-refractivity contribution in [1.29, 1.82) is 0 Å². The van der Waals surface area contributed by atoms with Crippen LogP contribution >= 0.6 is 0 Å². The molecule has 3 heteroatoms. The maximum atomic E-state index is 12.1. The number of carbonyl (C=O) groups excluding carboxylic acids is 1. The zero-order chi connectivity index (χ0) is 15.4. The first-order chi connectivity index (χ1) is 10.7. The second kappa shape index (κ2) is 6.41. The van der Waals surface area contributed by atoms with Crippen LogP contribution in [0.15, 0.2) is 72.8 Å². The molecule has 0 bridgehead atoms. The van der Waals surface area contributed by atoms with Crippen LogP contribution in [0.1, 0.15) is 5.56 Å². The average Bonchev–Trinajstić information content (AvgIpc) is 2.55. The summed E-state index contributed by atoms with van der Waals surface area (Å²) in [4.78, 5) is 12.1. The third kappa shape index (κ3) is 3.32. The molecular formula is C19H17NO2. The molecule has 0 radical (unpaired) electrons. The van der Waals surface area contributed by atoms with E-state index >= 15 is 0 Å². The molecule has 0 saturated heterocycles. The highest BCUT2D eigenvalue weighted by Gasteiger charge is 2.16. The predicted octanol–water partition coefficient (Wildman–Crippen LogP) is 3.32. The highest BCUT2D eigenvalue weighted by molar-refractivity contribution is 5.85. The SMILES string of the molecule is N[C@H](Cc1ccccc1)C(=O)Oc1ccc2ccccc2c1. The van der Waals surface area contributed by atoms with Gasteiger partial charge < -0.3 is 10.5 Å². The van der Waals surface area contributed by atoms with Crippen LogP contribution in [0.25, 0.3) is 10.8 Å². The van der Waals surface area contributed by atoms with E-state index in [4.69, 9.17) is 10.5 Å². The monoisotopic (exact) mass is 291 g/mol. The van der Waals surface area contributed by atoms with Gasteiger partial charge in [0.25, 0.3) is 0 Å². The molecule has 3 aromatic rings. The number of hydrogen-bond acceptors (Lipinski definition) is 3. The van der Waals surface area contributed by atoms with Crippen molar-refractivity contribution in [2.45, 2.75) is 12.5 Å². The third-order valence-electron chi connectivity index (χ3n) is 3.54. The number of hydrogen-bond donors (Lipinski definition) is 1. The van der Waals surface area contributed by atoms with Gasteiger partial charge in [-0.15, -0.1) is 0 Å². The van der Waals surface area contributed by atoms with Gasteiger partial charge in [0.1, 0.15) is 11.8 Å². The van der Waals surface area contributed by atoms with Gasteiger partial charge >= 0.3 is 5.97 Å². The van der Waals surface area contributed by atoms with Crippen LogP contribution in [-0.2, 0) is 11.2 Å². The lowest BCUT2D eigenvalue weighted by atomic mass is 10.1. The Balaban J connectivity index is 1.69. The van der Waals surface area contributed by atoms with E-state index in [9.17, 15) is 4.79 Å². The van der Waals surface area contributed by atoms with Gasteiger partial charge in [0.2, 0.25) is 0 Å². The van der Waals surface area contributed by atoms with Crippen molar-refractivity contribution < 1.29 is 9.53 Å². The normalized spacial score (nSPS) is 12.0. The van der Waals surface area contributed by atoms with Crippen LogP contribution in [0.4, 0.5) is 0 Å². The molecule has 0 aliphatic carbocycles. The Labute approximate surface area is 129 Å². The molecule has 0 amide bonds. The highest BCUT2D eigenvalue weighted by Crippen LogP contribution is 2.21. The molecule has 0 spiro atoms. The Morgan fingerprint density at radius 3 is 2.36 bits per heavy atom. The molecule has 0 saturated carbocycles. The molecule has 0 aliphatic rings. The summed E-state index contributed by atoms with van der Waals surface area (Å²) < 4.78 is 5.39. The zero-order valence-electron chi connectivity index (χ0n) is 12.1. The Morgan fingerprint density at radius 2 is 1.59 bits per heavy atom. The van der Waals surface area contributed by atoms with E-state index in [1.54, 1.807) is 6.07 Å². The lowest BCUT2D eigenvalue weighted by Crippen LogP contribution is -2.36. The summed E-state index contributed by atoms with van der Waals surface area (Å²) in [5, 5.41) is 2.14. The smallest absolute Gasteiger partial charge is 0.328 e. The third-order valence-corrected chi connectivity index (χ3v) is 3.54. The average molecular weight is 291 g/mol. The molecule has 0 unspecified atom stereocenters. The topological polar surface area (TPSA) is 52.3 Å². The summed E-state index contributed by atoms with van der Waals surface area (Å²) >= 11 is 0. The molecule has 3 aromatic carbocycles. The van der Waals surface area contributed by atoms with Crippen molar-refractivity contribution >= 4 is 16.7 Å². The largest absolute Gasteiger partial charge is 0.425 e. The van der Waals surface area contributed by atoms with Crippen molar-refractivity contribution in [3.8, 4) is 5.75 Å². The van der Waals surface area contributed by atoms with E-state index in [2.05, 4.69) is 0 Å². The van der Waals surface area contributed by atoms with Crippen molar-refractivity contribution in [3.05, 3.63) is 78.4 Å². The number of fused-ring (bicyclic) bond motifs is 1. The Hall–Kier alpha value is -2.65. The van der Waals surface area contributed by atoms with Gasteiger partial charge in [-0.2, -0.15) is 0 Å². The van der Waals surface area contributed by atoms with E-state index in [0.717, 1.165) is 16.3 Å². The fraction of sp³-hybridized carbons (Fsp3) is 0.105. The van der Waals surface area contributed by atoms with Gasteiger partial charge in [-0.25, -0.2) is 4.79 Å². The molecule has 2 N–H and O–H groups in total. The zero-order valence-corrected chi connectivity index (χ0v) is 12.1. The molecule has 1 atom stereocenters. The quantitative estimate of drug-likeness (QED) is 0.592. The number of nitrogens with two attached hydrogens (primary N) is 1. The van der Waals surface area contributed by atoms with E-state index in [1.807, 2.05) is 66.7 Å². The van der Waals surface area contributed by atoms with Crippen LogP contribution in [0.3, 0.4) is 0 Å². The number of ether oxygens (including phenoxy) is 1. The minimum atomic E-state index is -0.672. The molecule has 0 aromatic heterocycles. The van der Waals surface area contributed by atoms with E-state index in [1.165, 1.54) is 0 Å². The molecule has 0 heterocycles. The number of esters is 1. The predicted molar refractivity (Wildman–Crippen MR) is 87.7 cm³/mol. The first-order valence-corrected chi connectivity index (χ1v) is 7.22. The molecule has 0 aliphatic heterocycles. The van der Waals surface area contributed by atoms with Gasteiger partial charge in [0.05, 0.1) is 0 Å². The first kappa shape index (κ1) is 14.3. The fourth-order valence-corrected chi connectivity index (χ4v) is 2.37. The Bertz CT molecular complexity index is 784. The van der Waals surface area contributed by atoms with Gasteiger partial charge in [-0.3, -0.25) is 0 Å². The second-order valence-electron chi connectivity index (χ2n) is 5.23. The van der Waals surface area contributed by atoms with E-state index in [0.29, 0.717) is 12.2 Å². The van der Waals surface area contributed by atoms with Crippen LogP contribution in [0.2, 0.25) is 0 Å². The van der Waals surface area contributed by atoms with Crippen molar-refractivity contribution in [2.75, 3.05) is 0 Å². The summed E-state index contributed by atoms with van der Waals surface area (Å²) in [7, 11) is 0. The van der Waals surface area contributed by atoms with E-state index < -0.39 is 12.0 Å². The lowest BCUT2D eigenvalue weighted by Gasteiger charge is -2.11. The number of rotatable bonds is 4. The molecule has 3 rings (SSSR count). The Kier molecular flexibility index (Phi) is 4.17. The molecule has 22 heavy (non-hydrogen) atoms. The number of benzene rings is 3. The van der Waals surface area contributed by atoms with Gasteiger partial charge in [-0.1, -0.05) is 60.7 Å². The summed E-state index contributed by atoms with van der Waals surface area (Å²) in [6.45, 7) is 0. The molecule has 0 fully saturated rings. The summed E-state index contributed by atoms with van der Waals surface area (Å²) in [5.74, 6) is 0.103. The first-order valence-electron chi connectivity index (χ1n) is 7.22. The van der Waals surface area contributed by atoms with Crippen LogP contribution in [0.5, 0.6) is 5.75 Å². The molecule has 110 valence electrons. The minimum absolute atomic E-state index is 0.417. The molecular weight excluding hydrogens is 274 g/mol. The summed E-state index contributed by atoms with van der Waals surface area (Å²) in [6.07, 6.45) is 0.466. The van der Waals surface area contributed by atoms with Gasteiger partial charge in [0, 0.05) is 0 Å². The molecule has 3 nitrogen and oxygen atoms in total. The fourth-order valence-electron chi connectivity index (χ4n) is 2.37. The maximum absolute atomic E-state index is 12.1. The van der Waals surface area contributed by atoms with Gasteiger partial charge in [0.15, 0.2) is 0 Å². The summed E-state index contributed by atoms with van der Waals surface area (Å²) in [6, 6.07) is 22.5. The van der Waals surface area contributed by atoms with Crippen molar-refractivity contribution in [1.82, 2.24) is 0 Å². The highest BCUT2D eigenvalue weighted by atomic mass is 16.5. The maximum Gasteiger partial charge on any atom is 0.328 e. The van der Waals surface area contributed by atoms with E-state index in [-0.39, 0.29) is 0 Å². The van der Waals surface area contributed by atoms with Crippen molar-refractivity contribution in [2.24, 2.45) is 5.73 Å². The summed E-state index contributed by atoms with van der Waals surface area (Å²) in [5.41, 5.74) is 6.95. The van der Waals surface area contributed by atoms with Crippen molar-refractivity contribution in [3.63, 3.8) is 0 Å². The van der Waals surface area contributed by atoms with Crippen LogP contribution in [0, 0.1) is 0 Å². The Morgan fingerprint density at radius 1 is 0.909 bits per heavy atom. The second-order valence-corrected chi connectivity index (χ2v) is 5.23. The standard InChI is InChI=1S/C19H17NO2/c20-18(12-14-6-2-1-3-7-14)19(21)22-17-11-10-15-8-4-5-9-16(15)13-17/h1-11,13,18H,12,20H2/t18-/m1/s1. The number of carbonyl (C=O) groups is 1. The van der Waals surface area contributed by atoms with Crippen LogP contribution < -0.4 is 10.5 Å². The minimum Gasteiger partial charge on any atom is -0.425 e. The van der Waals surface area contributed by atoms with Crippen LogP contribution in [-0.4, -0.2) is 12.0 Å².